The predicted octanol–water partition coefficient (Wildman–Crippen LogP) is 5.65. The Balaban J connectivity index is 1.74. The second-order valence-corrected chi connectivity index (χ2v) is 6.06. The van der Waals surface area contributed by atoms with Crippen LogP contribution >= 0.6 is 0 Å². The fraction of sp³-hybridized carbons (Fsp3) is 0.190. The summed E-state index contributed by atoms with van der Waals surface area (Å²) in [5.74, 6) is 0.174. The first-order chi connectivity index (χ1) is 12.9. The van der Waals surface area contributed by atoms with Gasteiger partial charge in [-0.1, -0.05) is 43.3 Å². The third-order valence-corrected chi connectivity index (χ3v) is 4.16. The molecule has 0 aliphatic rings. The molecule has 0 heterocycles. The van der Waals surface area contributed by atoms with Gasteiger partial charge < -0.3 is 10.1 Å². The lowest BCUT2D eigenvalue weighted by Crippen LogP contribution is -2.32. The molecule has 0 unspecified atom stereocenters. The molecule has 0 aliphatic heterocycles. The highest BCUT2D eigenvalue weighted by molar-refractivity contribution is 5.95. The smallest absolute Gasteiger partial charge is 0.416 e. The molecule has 140 valence electrons. The highest BCUT2D eigenvalue weighted by atomic mass is 19.4. The quantitative estimate of drug-likeness (QED) is 0.627. The van der Waals surface area contributed by atoms with E-state index in [0.29, 0.717) is 12.2 Å². The fourth-order valence-corrected chi connectivity index (χ4v) is 2.74. The first-order valence-corrected chi connectivity index (χ1v) is 8.51. The van der Waals surface area contributed by atoms with E-state index in [1.54, 1.807) is 6.07 Å². The Kier molecular flexibility index (Phi) is 5.35. The molecule has 27 heavy (non-hydrogen) atoms. The highest BCUT2D eigenvalue weighted by Crippen LogP contribution is 2.30. The van der Waals surface area contributed by atoms with Gasteiger partial charge in [0.15, 0.2) is 6.10 Å². The maximum atomic E-state index is 12.6. The van der Waals surface area contributed by atoms with Gasteiger partial charge in [-0.15, -0.1) is 0 Å². The molecular weight excluding hydrogens is 355 g/mol. The number of carbonyl (C=O) groups excluding carboxylic acids is 1. The Hall–Kier alpha value is -3.02. The van der Waals surface area contributed by atoms with Crippen LogP contribution in [0.25, 0.3) is 10.8 Å². The van der Waals surface area contributed by atoms with Gasteiger partial charge in [-0.2, -0.15) is 13.2 Å². The lowest BCUT2D eigenvalue weighted by atomic mass is 10.1. The molecular formula is C21H18F3NO2. The van der Waals surface area contributed by atoms with E-state index in [-0.39, 0.29) is 5.69 Å². The van der Waals surface area contributed by atoms with Crippen LogP contribution in [0.2, 0.25) is 0 Å². The molecule has 0 spiro atoms. The molecule has 6 heteroatoms. The molecule has 0 fully saturated rings. The summed E-state index contributed by atoms with van der Waals surface area (Å²) in [6.07, 6.45) is -4.76. The van der Waals surface area contributed by atoms with Crippen LogP contribution in [-0.2, 0) is 11.0 Å². The van der Waals surface area contributed by atoms with Crippen LogP contribution in [0.4, 0.5) is 18.9 Å². The van der Waals surface area contributed by atoms with Crippen molar-refractivity contribution in [3.8, 4) is 5.75 Å². The minimum Gasteiger partial charge on any atom is -0.480 e. The number of hydrogen-bond donors (Lipinski definition) is 1. The van der Waals surface area contributed by atoms with Crippen LogP contribution < -0.4 is 10.1 Å². The summed E-state index contributed by atoms with van der Waals surface area (Å²) in [7, 11) is 0. The molecule has 0 aliphatic carbocycles. The number of alkyl halides is 3. The number of rotatable bonds is 5. The number of benzene rings is 3. The molecule has 3 aromatic rings. The largest absolute Gasteiger partial charge is 0.480 e. The van der Waals surface area contributed by atoms with Crippen LogP contribution in [0.3, 0.4) is 0 Å². The standard InChI is InChI=1S/C21H18F3NO2/c1-2-18(27-19-9-5-7-14-6-3-4-8-17(14)19)20(26)25-16-12-10-15(11-13-16)21(22,23)24/h3-13,18H,2H2,1H3,(H,25,26)/t18-/m1/s1. The van der Waals surface area contributed by atoms with E-state index in [1.165, 1.54) is 12.1 Å². The SMILES string of the molecule is CC[C@@H](Oc1cccc2ccccc12)C(=O)Nc1ccc(C(F)(F)F)cc1. The van der Waals surface area contributed by atoms with Gasteiger partial charge in [0.05, 0.1) is 5.56 Å². The second kappa shape index (κ2) is 7.70. The zero-order chi connectivity index (χ0) is 19.4. The highest BCUT2D eigenvalue weighted by Gasteiger charge is 2.30. The second-order valence-electron chi connectivity index (χ2n) is 6.06. The number of nitrogens with one attached hydrogen (secondary N) is 1. The van der Waals surface area contributed by atoms with Gasteiger partial charge in [-0.25, -0.2) is 0 Å². The molecule has 1 atom stereocenters. The lowest BCUT2D eigenvalue weighted by Gasteiger charge is -2.19. The third kappa shape index (κ3) is 4.39. The Morgan fingerprint density at radius 2 is 1.67 bits per heavy atom. The van der Waals surface area contributed by atoms with Gasteiger partial charge in [-0.3, -0.25) is 4.79 Å². The van der Waals surface area contributed by atoms with E-state index < -0.39 is 23.8 Å². The molecule has 0 aromatic heterocycles. The molecule has 0 saturated heterocycles. The Bertz CT molecular complexity index is 931. The number of anilines is 1. The molecule has 0 saturated carbocycles. The summed E-state index contributed by atoms with van der Waals surface area (Å²) >= 11 is 0. The van der Waals surface area contributed by atoms with Gasteiger partial charge >= 0.3 is 6.18 Å². The van der Waals surface area contributed by atoms with Crippen LogP contribution in [0, 0.1) is 0 Å². The van der Waals surface area contributed by atoms with E-state index >= 15 is 0 Å². The van der Waals surface area contributed by atoms with Crippen LogP contribution in [0.5, 0.6) is 5.75 Å². The van der Waals surface area contributed by atoms with E-state index in [9.17, 15) is 18.0 Å². The minimum atomic E-state index is -4.41. The normalized spacial score (nSPS) is 12.6. The summed E-state index contributed by atoms with van der Waals surface area (Å²) < 4.78 is 43.8. The number of amides is 1. The average Bonchev–Trinajstić information content (AvgIpc) is 2.65. The summed E-state index contributed by atoms with van der Waals surface area (Å²) in [6, 6.07) is 17.6. The zero-order valence-corrected chi connectivity index (χ0v) is 14.6. The van der Waals surface area contributed by atoms with Gasteiger partial charge in [0.25, 0.3) is 5.91 Å². The van der Waals surface area contributed by atoms with E-state index in [1.807, 2.05) is 43.3 Å². The number of hydrogen-bond acceptors (Lipinski definition) is 2. The number of ether oxygens (including phenoxy) is 1. The first kappa shape index (κ1) is 18.8. The molecule has 0 bridgehead atoms. The van der Waals surface area contributed by atoms with Crippen molar-refractivity contribution >= 4 is 22.4 Å². The van der Waals surface area contributed by atoms with Crippen molar-refractivity contribution in [2.75, 3.05) is 5.32 Å². The summed E-state index contributed by atoms with van der Waals surface area (Å²) in [5, 5.41) is 4.49. The number of halogens is 3. The van der Waals surface area contributed by atoms with Crippen molar-refractivity contribution in [2.24, 2.45) is 0 Å². The van der Waals surface area contributed by atoms with Crippen molar-refractivity contribution in [2.45, 2.75) is 25.6 Å². The Morgan fingerprint density at radius 3 is 2.33 bits per heavy atom. The van der Waals surface area contributed by atoms with Gasteiger partial charge in [0, 0.05) is 11.1 Å². The molecule has 3 nitrogen and oxygen atoms in total. The summed E-state index contributed by atoms with van der Waals surface area (Å²) in [6.45, 7) is 1.81. The maximum absolute atomic E-state index is 12.6. The molecule has 0 radical (unpaired) electrons. The monoisotopic (exact) mass is 373 g/mol. The summed E-state index contributed by atoms with van der Waals surface area (Å²) in [5.41, 5.74) is -0.479. The van der Waals surface area contributed by atoms with Crippen LogP contribution in [-0.4, -0.2) is 12.0 Å². The predicted molar refractivity (Wildman–Crippen MR) is 98.7 cm³/mol. The van der Waals surface area contributed by atoms with Crippen molar-refractivity contribution in [1.82, 2.24) is 0 Å². The molecule has 3 rings (SSSR count). The van der Waals surface area contributed by atoms with Crippen molar-refractivity contribution < 1.29 is 22.7 Å². The van der Waals surface area contributed by atoms with Crippen molar-refractivity contribution in [3.05, 3.63) is 72.3 Å². The van der Waals surface area contributed by atoms with Gasteiger partial charge in [0.1, 0.15) is 5.75 Å². The Morgan fingerprint density at radius 1 is 1.00 bits per heavy atom. The van der Waals surface area contributed by atoms with Crippen LogP contribution in [0.15, 0.2) is 66.7 Å². The van der Waals surface area contributed by atoms with Crippen LogP contribution in [0.1, 0.15) is 18.9 Å². The van der Waals surface area contributed by atoms with Gasteiger partial charge in [0.2, 0.25) is 0 Å². The molecule has 1 N–H and O–H groups in total. The van der Waals surface area contributed by atoms with Crippen molar-refractivity contribution in [3.63, 3.8) is 0 Å². The Labute approximate surface area is 154 Å². The minimum absolute atomic E-state index is 0.285. The first-order valence-electron chi connectivity index (χ1n) is 8.51. The average molecular weight is 373 g/mol. The third-order valence-electron chi connectivity index (χ3n) is 4.16. The zero-order valence-electron chi connectivity index (χ0n) is 14.6. The summed E-state index contributed by atoms with van der Waals surface area (Å²) in [4.78, 5) is 12.5. The van der Waals surface area contributed by atoms with E-state index in [4.69, 9.17) is 4.74 Å². The van der Waals surface area contributed by atoms with E-state index in [2.05, 4.69) is 5.32 Å². The number of fused-ring (bicyclic) bond motifs is 1. The lowest BCUT2D eigenvalue weighted by molar-refractivity contribution is -0.137. The number of carbonyl (C=O) groups is 1. The molecule has 3 aromatic carbocycles. The molecule has 1 amide bonds. The van der Waals surface area contributed by atoms with Crippen molar-refractivity contribution in [1.29, 1.82) is 0 Å². The topological polar surface area (TPSA) is 38.3 Å². The van der Waals surface area contributed by atoms with Gasteiger partial charge in [-0.05, 0) is 42.1 Å². The maximum Gasteiger partial charge on any atom is 0.416 e. The van der Waals surface area contributed by atoms with E-state index in [0.717, 1.165) is 22.9 Å². The fourth-order valence-electron chi connectivity index (χ4n) is 2.74.